The Bertz CT molecular complexity index is 517. The number of nitrogens with zero attached hydrogens (tertiary/aromatic N) is 2. The highest BCUT2D eigenvalue weighted by molar-refractivity contribution is 5.99. The number of nitro groups is 1. The van der Waals surface area contributed by atoms with E-state index < -0.39 is 4.92 Å². The Hall–Kier alpha value is -2.11. The summed E-state index contributed by atoms with van der Waals surface area (Å²) in [6.07, 6.45) is 1.82. The van der Waals surface area contributed by atoms with Crippen LogP contribution in [0.5, 0.6) is 0 Å². The van der Waals surface area contributed by atoms with Crippen molar-refractivity contribution in [3.05, 3.63) is 33.9 Å². The lowest BCUT2D eigenvalue weighted by Crippen LogP contribution is -2.35. The molecule has 1 amide bonds. The fraction of sp³-hybridized carbons (Fsp3) is 0.533. The third-order valence-electron chi connectivity index (χ3n) is 3.49. The molecule has 1 rings (SSSR count). The highest BCUT2D eigenvalue weighted by Crippen LogP contribution is 2.25. The zero-order chi connectivity index (χ0) is 16.0. The lowest BCUT2D eigenvalue weighted by molar-refractivity contribution is -0.385. The van der Waals surface area contributed by atoms with Crippen LogP contribution < -0.4 is 5.32 Å². The molecule has 6 nitrogen and oxygen atoms in total. The molecule has 0 fully saturated rings. The number of carbonyl (C=O) groups is 1. The van der Waals surface area contributed by atoms with Gasteiger partial charge in [0.05, 0.1) is 4.92 Å². The number of hydrogen-bond donors (Lipinski definition) is 1. The highest BCUT2D eigenvalue weighted by Gasteiger charge is 2.25. The van der Waals surface area contributed by atoms with Gasteiger partial charge in [0, 0.05) is 31.4 Å². The fourth-order valence-corrected chi connectivity index (χ4v) is 2.18. The topological polar surface area (TPSA) is 75.5 Å². The van der Waals surface area contributed by atoms with Crippen LogP contribution >= 0.6 is 0 Å². The maximum Gasteiger partial charge on any atom is 0.282 e. The Labute approximate surface area is 125 Å². The number of rotatable bonds is 7. The quantitative estimate of drug-likeness (QED) is 0.618. The summed E-state index contributed by atoms with van der Waals surface area (Å²) in [6.45, 7) is 6.61. The van der Waals surface area contributed by atoms with E-state index in [0.29, 0.717) is 12.2 Å². The molecule has 0 bridgehead atoms. The SMILES string of the molecule is CCCC(C)N(C)C(=O)c1cc(NCC)ccc1[N+](=O)[O-]. The number of nitrogens with one attached hydrogen (secondary N) is 1. The van der Waals surface area contributed by atoms with Crippen molar-refractivity contribution in [3.8, 4) is 0 Å². The first-order chi connectivity index (χ1) is 9.92. The van der Waals surface area contributed by atoms with Crippen molar-refractivity contribution >= 4 is 17.3 Å². The third kappa shape index (κ3) is 4.18. The van der Waals surface area contributed by atoms with Crippen LogP contribution in [0.25, 0.3) is 0 Å². The van der Waals surface area contributed by atoms with Crippen molar-refractivity contribution < 1.29 is 9.72 Å². The minimum atomic E-state index is -0.513. The van der Waals surface area contributed by atoms with Crippen LogP contribution in [0.4, 0.5) is 11.4 Å². The molecule has 1 N–H and O–H groups in total. The van der Waals surface area contributed by atoms with Gasteiger partial charge in [-0.15, -0.1) is 0 Å². The molecule has 116 valence electrons. The summed E-state index contributed by atoms with van der Waals surface area (Å²) >= 11 is 0. The Kier molecular flexibility index (Phi) is 6.14. The van der Waals surface area contributed by atoms with Crippen LogP contribution in [0.1, 0.15) is 44.0 Å². The molecule has 1 aromatic rings. The first kappa shape index (κ1) is 16.9. The number of carbonyl (C=O) groups excluding carboxylic acids is 1. The smallest absolute Gasteiger partial charge is 0.282 e. The maximum atomic E-state index is 12.5. The van der Waals surface area contributed by atoms with Crippen LogP contribution in [-0.4, -0.2) is 35.4 Å². The second kappa shape index (κ2) is 7.61. The molecule has 1 aromatic carbocycles. The van der Waals surface area contributed by atoms with Gasteiger partial charge < -0.3 is 10.2 Å². The Morgan fingerprint density at radius 2 is 2.10 bits per heavy atom. The van der Waals surface area contributed by atoms with Gasteiger partial charge in [0.2, 0.25) is 0 Å². The summed E-state index contributed by atoms with van der Waals surface area (Å²) in [5.41, 5.74) is 0.684. The van der Waals surface area contributed by atoms with Crippen molar-refractivity contribution in [1.29, 1.82) is 0 Å². The van der Waals surface area contributed by atoms with Crippen molar-refractivity contribution in [3.63, 3.8) is 0 Å². The number of nitro benzene ring substituents is 1. The van der Waals surface area contributed by atoms with Gasteiger partial charge in [-0.25, -0.2) is 0 Å². The number of benzene rings is 1. The van der Waals surface area contributed by atoms with Gasteiger partial charge >= 0.3 is 0 Å². The minimum Gasteiger partial charge on any atom is -0.385 e. The number of amides is 1. The van der Waals surface area contributed by atoms with Gasteiger partial charge in [-0.3, -0.25) is 14.9 Å². The Balaban J connectivity index is 3.15. The van der Waals surface area contributed by atoms with Crippen LogP contribution in [0.2, 0.25) is 0 Å². The molecule has 1 unspecified atom stereocenters. The molecule has 0 aliphatic heterocycles. The average molecular weight is 293 g/mol. The molecule has 0 radical (unpaired) electrons. The molecule has 0 spiro atoms. The summed E-state index contributed by atoms with van der Waals surface area (Å²) < 4.78 is 0. The van der Waals surface area contributed by atoms with Gasteiger partial charge in [-0.05, 0) is 32.4 Å². The molecular weight excluding hydrogens is 270 g/mol. The molecule has 0 aliphatic carbocycles. The van der Waals surface area contributed by atoms with Crippen molar-refractivity contribution in [2.45, 2.75) is 39.7 Å². The molecule has 21 heavy (non-hydrogen) atoms. The van der Waals surface area contributed by atoms with Gasteiger partial charge in [0.25, 0.3) is 11.6 Å². The second-order valence-electron chi connectivity index (χ2n) is 5.07. The first-order valence-corrected chi connectivity index (χ1v) is 7.21. The summed E-state index contributed by atoms with van der Waals surface area (Å²) in [5, 5.41) is 14.2. The van der Waals surface area contributed by atoms with E-state index in [-0.39, 0.29) is 23.2 Å². The van der Waals surface area contributed by atoms with E-state index in [9.17, 15) is 14.9 Å². The van der Waals surface area contributed by atoms with Crippen LogP contribution in [0.15, 0.2) is 18.2 Å². The second-order valence-corrected chi connectivity index (χ2v) is 5.07. The number of anilines is 1. The van der Waals surface area contributed by atoms with E-state index in [0.717, 1.165) is 12.8 Å². The molecular formula is C15H23N3O3. The minimum absolute atomic E-state index is 0.0462. The molecule has 0 aliphatic rings. The van der Waals surface area contributed by atoms with Crippen LogP contribution in [0, 0.1) is 10.1 Å². The highest BCUT2D eigenvalue weighted by atomic mass is 16.6. The zero-order valence-electron chi connectivity index (χ0n) is 13.0. The summed E-state index contributed by atoms with van der Waals surface area (Å²) in [5.74, 6) is -0.317. The van der Waals surface area contributed by atoms with E-state index in [1.807, 2.05) is 20.8 Å². The predicted molar refractivity (Wildman–Crippen MR) is 83.7 cm³/mol. The monoisotopic (exact) mass is 293 g/mol. The molecule has 0 saturated carbocycles. The lowest BCUT2D eigenvalue weighted by atomic mass is 10.1. The van der Waals surface area contributed by atoms with Crippen LogP contribution in [0.3, 0.4) is 0 Å². The van der Waals surface area contributed by atoms with E-state index in [1.165, 1.54) is 6.07 Å². The van der Waals surface area contributed by atoms with Crippen molar-refractivity contribution in [1.82, 2.24) is 4.90 Å². The lowest BCUT2D eigenvalue weighted by Gasteiger charge is -2.24. The summed E-state index contributed by atoms with van der Waals surface area (Å²) in [4.78, 5) is 24.7. The van der Waals surface area contributed by atoms with Gasteiger partial charge in [0.1, 0.15) is 5.56 Å². The molecule has 0 saturated heterocycles. The van der Waals surface area contributed by atoms with E-state index in [2.05, 4.69) is 5.32 Å². The van der Waals surface area contributed by atoms with Crippen molar-refractivity contribution in [2.24, 2.45) is 0 Å². The van der Waals surface area contributed by atoms with E-state index in [1.54, 1.807) is 24.1 Å². The average Bonchev–Trinajstić information content (AvgIpc) is 2.46. The van der Waals surface area contributed by atoms with Gasteiger partial charge in [-0.1, -0.05) is 13.3 Å². The third-order valence-corrected chi connectivity index (χ3v) is 3.49. The predicted octanol–water partition coefficient (Wildman–Crippen LogP) is 3.29. The maximum absolute atomic E-state index is 12.5. The molecule has 0 heterocycles. The molecule has 6 heteroatoms. The number of hydrogen-bond acceptors (Lipinski definition) is 4. The molecule has 0 aromatic heterocycles. The van der Waals surface area contributed by atoms with Crippen LogP contribution in [-0.2, 0) is 0 Å². The normalized spacial score (nSPS) is 11.8. The summed E-state index contributed by atoms with van der Waals surface area (Å²) in [6, 6.07) is 4.60. The Morgan fingerprint density at radius 3 is 2.62 bits per heavy atom. The van der Waals surface area contributed by atoms with Crippen molar-refractivity contribution in [2.75, 3.05) is 18.9 Å². The fourth-order valence-electron chi connectivity index (χ4n) is 2.18. The largest absolute Gasteiger partial charge is 0.385 e. The first-order valence-electron chi connectivity index (χ1n) is 7.21. The zero-order valence-corrected chi connectivity index (χ0v) is 13.0. The van der Waals surface area contributed by atoms with Gasteiger partial charge in [0.15, 0.2) is 0 Å². The van der Waals surface area contributed by atoms with Gasteiger partial charge in [-0.2, -0.15) is 0 Å². The molecule has 1 atom stereocenters. The summed E-state index contributed by atoms with van der Waals surface area (Å²) in [7, 11) is 1.69. The van der Waals surface area contributed by atoms with E-state index in [4.69, 9.17) is 0 Å². The van der Waals surface area contributed by atoms with E-state index >= 15 is 0 Å². The standard InChI is InChI=1S/C15H23N3O3/c1-5-7-11(3)17(4)15(19)13-10-12(16-6-2)8-9-14(13)18(20)21/h8-11,16H,5-7H2,1-4H3. The Morgan fingerprint density at radius 1 is 1.43 bits per heavy atom.